The van der Waals surface area contributed by atoms with E-state index < -0.39 is 0 Å². The second kappa shape index (κ2) is 5.67. The highest BCUT2D eigenvalue weighted by Gasteiger charge is 2.30. The molecule has 0 spiro atoms. The van der Waals surface area contributed by atoms with Gasteiger partial charge in [0.25, 0.3) is 0 Å². The summed E-state index contributed by atoms with van der Waals surface area (Å²) in [6.45, 7) is 0. The Kier molecular flexibility index (Phi) is 3.18. The molecular weight excluding hydrogens is 324 g/mol. The first-order chi connectivity index (χ1) is 12.8. The number of rotatable bonds is 2. The summed E-state index contributed by atoms with van der Waals surface area (Å²) in [4.78, 5) is 21.4. The van der Waals surface area contributed by atoms with Gasteiger partial charge in [-0.2, -0.15) is 0 Å². The van der Waals surface area contributed by atoms with E-state index in [1.807, 2.05) is 60.7 Å². The van der Waals surface area contributed by atoms with Gasteiger partial charge in [-0.25, -0.2) is 4.98 Å². The molecule has 0 amide bonds. The molecule has 5 heteroatoms. The van der Waals surface area contributed by atoms with Crippen molar-refractivity contribution in [1.82, 2.24) is 20.2 Å². The van der Waals surface area contributed by atoms with Crippen LogP contribution in [0.25, 0.3) is 33.9 Å². The van der Waals surface area contributed by atoms with Gasteiger partial charge in [0.15, 0.2) is 5.69 Å². The van der Waals surface area contributed by atoms with Gasteiger partial charge in [0.2, 0.25) is 11.6 Å². The summed E-state index contributed by atoms with van der Waals surface area (Å²) in [5.74, 6) is 0.277. The van der Waals surface area contributed by atoms with Crippen molar-refractivity contribution in [1.29, 1.82) is 0 Å². The molecule has 0 bridgehead atoms. The first kappa shape index (κ1) is 14.6. The van der Waals surface area contributed by atoms with Crippen LogP contribution in [0.3, 0.4) is 0 Å². The lowest BCUT2D eigenvalue weighted by Crippen LogP contribution is -2.03. The lowest BCUT2D eigenvalue weighted by atomic mass is 10.1. The molecule has 2 heterocycles. The molecular formula is C21H12N4O. The monoisotopic (exact) mass is 336 g/mol. The van der Waals surface area contributed by atoms with E-state index in [0.717, 1.165) is 16.7 Å². The maximum atomic E-state index is 12.4. The van der Waals surface area contributed by atoms with Crippen LogP contribution in [-0.4, -0.2) is 25.9 Å². The van der Waals surface area contributed by atoms with Gasteiger partial charge in [-0.3, -0.25) is 9.78 Å². The predicted octanol–water partition coefficient (Wildman–Crippen LogP) is 3.81. The third kappa shape index (κ3) is 2.22. The second-order valence-corrected chi connectivity index (χ2v) is 6.00. The van der Waals surface area contributed by atoms with Crippen LogP contribution in [0.5, 0.6) is 0 Å². The number of carbonyl (C=O) groups excluding carboxylic acids is 1. The number of nitrogens with zero attached hydrogens (tertiary/aromatic N) is 4. The lowest BCUT2D eigenvalue weighted by Gasteiger charge is -2.05. The normalized spacial score (nSPS) is 11.9. The molecule has 1 aliphatic rings. The summed E-state index contributed by atoms with van der Waals surface area (Å²) in [6.07, 6.45) is 1.73. The first-order valence-corrected chi connectivity index (χ1v) is 8.22. The average Bonchev–Trinajstić information content (AvgIpc) is 3.01. The summed E-state index contributed by atoms with van der Waals surface area (Å²) >= 11 is 0. The Morgan fingerprint density at radius 1 is 0.692 bits per heavy atom. The quantitative estimate of drug-likeness (QED) is 0.490. The number of benzene rings is 2. The van der Waals surface area contributed by atoms with Crippen LogP contribution < -0.4 is 0 Å². The number of hydrogen-bond acceptors (Lipinski definition) is 5. The van der Waals surface area contributed by atoms with Crippen LogP contribution in [0.4, 0.5) is 0 Å². The fourth-order valence-corrected chi connectivity index (χ4v) is 3.15. The highest BCUT2D eigenvalue weighted by Crippen LogP contribution is 2.34. The summed E-state index contributed by atoms with van der Waals surface area (Å²) in [5, 5.41) is 8.28. The summed E-state index contributed by atoms with van der Waals surface area (Å²) < 4.78 is 0. The lowest BCUT2D eigenvalue weighted by molar-refractivity contribution is 0.103. The van der Waals surface area contributed by atoms with Gasteiger partial charge in [-0.05, 0) is 23.3 Å². The Hall–Kier alpha value is -3.73. The predicted molar refractivity (Wildman–Crippen MR) is 97.4 cm³/mol. The minimum atomic E-state index is -0.131. The Balaban J connectivity index is 1.63. The molecule has 0 atom stereocenters. The molecule has 0 radical (unpaired) electrons. The number of carbonyl (C=O) groups is 1. The third-order valence-electron chi connectivity index (χ3n) is 4.42. The zero-order chi connectivity index (χ0) is 17.5. The van der Waals surface area contributed by atoms with Gasteiger partial charge < -0.3 is 0 Å². The summed E-state index contributed by atoms with van der Waals surface area (Å²) in [7, 11) is 0. The van der Waals surface area contributed by atoms with E-state index in [1.165, 1.54) is 0 Å². The minimum absolute atomic E-state index is 0.131. The van der Waals surface area contributed by atoms with E-state index >= 15 is 0 Å². The highest BCUT2D eigenvalue weighted by atomic mass is 16.1. The van der Waals surface area contributed by atoms with E-state index in [1.54, 1.807) is 12.3 Å². The topological polar surface area (TPSA) is 68.6 Å². The molecule has 5 rings (SSSR count). The van der Waals surface area contributed by atoms with Crippen LogP contribution in [-0.2, 0) is 0 Å². The van der Waals surface area contributed by atoms with E-state index in [9.17, 15) is 4.79 Å². The smallest absolute Gasteiger partial charge is 0.216 e. The number of aromatic nitrogens is 4. The van der Waals surface area contributed by atoms with E-state index in [4.69, 9.17) is 0 Å². The maximum Gasteiger partial charge on any atom is 0.216 e. The van der Waals surface area contributed by atoms with E-state index in [2.05, 4.69) is 20.2 Å². The van der Waals surface area contributed by atoms with Gasteiger partial charge in [-0.15, -0.1) is 10.2 Å². The summed E-state index contributed by atoms with van der Waals surface area (Å²) in [6, 6.07) is 21.3. The minimum Gasteiger partial charge on any atom is -0.287 e. The molecule has 0 saturated heterocycles. The molecule has 2 aromatic heterocycles. The molecule has 122 valence electrons. The number of pyridine rings is 1. The van der Waals surface area contributed by atoms with Crippen molar-refractivity contribution < 1.29 is 4.79 Å². The van der Waals surface area contributed by atoms with E-state index in [-0.39, 0.29) is 5.78 Å². The third-order valence-corrected chi connectivity index (χ3v) is 4.42. The van der Waals surface area contributed by atoms with Crippen molar-refractivity contribution in [2.75, 3.05) is 0 Å². The second-order valence-electron chi connectivity index (χ2n) is 6.00. The molecule has 0 unspecified atom stereocenters. The van der Waals surface area contributed by atoms with Gasteiger partial charge >= 0.3 is 0 Å². The van der Waals surface area contributed by atoms with Crippen LogP contribution in [0.15, 0.2) is 72.9 Å². The van der Waals surface area contributed by atoms with Gasteiger partial charge in [-0.1, -0.05) is 54.6 Å². The SMILES string of the molecule is O=C1c2ccccc2-c2nc(-c3cc(-c4ccccc4)ccn3)nnc21. The van der Waals surface area contributed by atoms with Crippen LogP contribution in [0.2, 0.25) is 0 Å². The number of ketones is 1. The molecule has 0 fully saturated rings. The van der Waals surface area contributed by atoms with Crippen LogP contribution in [0.1, 0.15) is 16.1 Å². The van der Waals surface area contributed by atoms with Crippen molar-refractivity contribution in [3.8, 4) is 33.9 Å². The standard InChI is InChI=1S/C21H12N4O/c26-20-16-9-5-4-8-15(16)18-19(20)24-25-21(23-18)17-12-14(10-11-22-17)13-6-2-1-3-7-13/h1-12H. The van der Waals surface area contributed by atoms with Crippen LogP contribution in [0, 0.1) is 0 Å². The highest BCUT2D eigenvalue weighted by molar-refractivity contribution is 6.19. The number of hydrogen-bond donors (Lipinski definition) is 0. The molecule has 0 saturated carbocycles. The van der Waals surface area contributed by atoms with Gasteiger partial charge in [0.1, 0.15) is 11.4 Å². The largest absolute Gasteiger partial charge is 0.287 e. The van der Waals surface area contributed by atoms with Gasteiger partial charge in [0, 0.05) is 17.3 Å². The summed E-state index contributed by atoms with van der Waals surface area (Å²) in [5.41, 5.74) is 5.02. The Bertz CT molecular complexity index is 1160. The van der Waals surface area contributed by atoms with Crippen molar-refractivity contribution in [3.63, 3.8) is 0 Å². The first-order valence-electron chi connectivity index (χ1n) is 8.22. The fourth-order valence-electron chi connectivity index (χ4n) is 3.15. The average molecular weight is 336 g/mol. The molecule has 0 N–H and O–H groups in total. The Labute approximate surface area is 149 Å². The fraction of sp³-hybridized carbons (Fsp3) is 0. The maximum absolute atomic E-state index is 12.4. The van der Waals surface area contributed by atoms with Crippen LogP contribution >= 0.6 is 0 Å². The van der Waals surface area contributed by atoms with Crippen molar-refractivity contribution in [2.45, 2.75) is 0 Å². The zero-order valence-corrected chi connectivity index (χ0v) is 13.6. The zero-order valence-electron chi connectivity index (χ0n) is 13.6. The van der Waals surface area contributed by atoms with Gasteiger partial charge in [0.05, 0.1) is 0 Å². The van der Waals surface area contributed by atoms with E-state index in [0.29, 0.717) is 28.5 Å². The Morgan fingerprint density at radius 3 is 2.31 bits per heavy atom. The molecule has 0 aliphatic heterocycles. The molecule has 26 heavy (non-hydrogen) atoms. The van der Waals surface area contributed by atoms with Crippen molar-refractivity contribution in [3.05, 3.63) is 84.2 Å². The number of fused-ring (bicyclic) bond motifs is 3. The molecule has 4 aromatic rings. The molecule has 2 aromatic carbocycles. The molecule has 5 nitrogen and oxygen atoms in total. The Morgan fingerprint density at radius 2 is 1.46 bits per heavy atom. The van der Waals surface area contributed by atoms with Crippen molar-refractivity contribution >= 4 is 5.78 Å². The van der Waals surface area contributed by atoms with Crippen molar-refractivity contribution in [2.24, 2.45) is 0 Å². The molecule has 1 aliphatic carbocycles.